The Morgan fingerprint density at radius 1 is 1.00 bits per heavy atom. The lowest BCUT2D eigenvalue weighted by atomic mass is 10.2. The summed E-state index contributed by atoms with van der Waals surface area (Å²) in [5.74, 6) is 0. The minimum Gasteiger partial charge on any atom is -0.388 e. The molecule has 2 heterocycles. The van der Waals surface area contributed by atoms with Crippen LogP contribution in [-0.2, 0) is 13.1 Å². The van der Waals surface area contributed by atoms with Gasteiger partial charge in [-0.05, 0) is 20.8 Å². The van der Waals surface area contributed by atoms with Gasteiger partial charge in [-0.3, -0.25) is 24.4 Å². The Labute approximate surface area is 141 Å². The van der Waals surface area contributed by atoms with Gasteiger partial charge in [-0.2, -0.15) is 0 Å². The molecule has 2 aromatic rings. The van der Waals surface area contributed by atoms with E-state index in [1.54, 1.807) is 13.8 Å². The predicted octanol–water partition coefficient (Wildman–Crippen LogP) is -1.02. The Kier molecular flexibility index (Phi) is 7.00. The second kappa shape index (κ2) is 8.73. The lowest BCUT2D eigenvalue weighted by molar-refractivity contribution is 0.112. The number of aliphatic hydroxyl groups is 1. The summed E-state index contributed by atoms with van der Waals surface area (Å²) in [6, 6.07) is 0. The van der Waals surface area contributed by atoms with Crippen molar-refractivity contribution in [3.05, 3.63) is 65.2 Å². The molecule has 2 aromatic heterocycles. The Morgan fingerprint density at radius 3 is 1.92 bits per heavy atom. The van der Waals surface area contributed by atoms with Crippen molar-refractivity contribution >= 4 is 6.29 Å². The van der Waals surface area contributed by atoms with E-state index in [1.807, 2.05) is 4.98 Å². The summed E-state index contributed by atoms with van der Waals surface area (Å²) in [4.78, 5) is 58.4. The monoisotopic (exact) mass is 352 g/mol. The summed E-state index contributed by atoms with van der Waals surface area (Å²) >= 11 is 0. The molecule has 1 unspecified atom stereocenters. The number of carbonyl (C=O) groups excluding carboxylic acids is 1. The minimum atomic E-state index is -0.859. The summed E-state index contributed by atoms with van der Waals surface area (Å²) in [6.45, 7) is 5.90. The van der Waals surface area contributed by atoms with Crippen LogP contribution in [0.2, 0.25) is 0 Å². The summed E-state index contributed by atoms with van der Waals surface area (Å²) in [5, 5.41) is 9.18. The lowest BCUT2D eigenvalue weighted by Crippen LogP contribution is -2.31. The van der Waals surface area contributed by atoms with Crippen LogP contribution in [0, 0.1) is 0 Å². The first-order valence-corrected chi connectivity index (χ1v) is 7.55. The normalized spacial score (nSPS) is 11.4. The number of hydrogen-bond donors (Lipinski definition) is 3. The quantitative estimate of drug-likeness (QED) is 0.600. The number of aliphatic hydroxyl groups excluding tert-OH is 1. The van der Waals surface area contributed by atoms with Crippen LogP contribution in [0.3, 0.4) is 0 Å². The Hall–Kier alpha value is -3.01. The molecule has 1 atom stereocenters. The summed E-state index contributed by atoms with van der Waals surface area (Å²) in [7, 11) is 0. The number of hydrogen-bond acceptors (Lipinski definition) is 6. The van der Waals surface area contributed by atoms with Gasteiger partial charge in [0, 0.05) is 25.5 Å². The van der Waals surface area contributed by atoms with Crippen LogP contribution in [-0.4, -0.2) is 30.5 Å². The van der Waals surface area contributed by atoms with Crippen LogP contribution in [0.15, 0.2) is 31.6 Å². The first-order chi connectivity index (χ1) is 11.7. The first kappa shape index (κ1) is 20.0. The molecule has 0 saturated heterocycles. The van der Waals surface area contributed by atoms with Crippen molar-refractivity contribution < 1.29 is 9.90 Å². The Bertz CT molecular complexity index is 963. The maximum Gasteiger partial charge on any atom is 0.328 e. The predicted molar refractivity (Wildman–Crippen MR) is 90.0 cm³/mol. The van der Waals surface area contributed by atoms with Crippen LogP contribution < -0.4 is 22.5 Å². The zero-order valence-electron chi connectivity index (χ0n) is 14.1. The van der Waals surface area contributed by atoms with Crippen molar-refractivity contribution in [1.29, 1.82) is 0 Å². The van der Waals surface area contributed by atoms with Crippen molar-refractivity contribution in [3.8, 4) is 0 Å². The molecular formula is C15H20N4O6. The highest BCUT2D eigenvalue weighted by Gasteiger charge is 2.08. The molecule has 0 aromatic carbocycles. The number of aryl methyl sites for hydroxylation is 2. The van der Waals surface area contributed by atoms with E-state index in [2.05, 4.69) is 4.98 Å². The standard InChI is InChI=1S/C8H12N2O3.C7H8N2O3/c1-3-10-4-6(5(2)11)7(12)9-8(10)13;1-2-9-3-5(4-10)6(11)8-7(9)12/h4-5,11H,3H2,1-2H3,(H,9,12,13);3-4H,2H2,1H3,(H,8,11,12). The van der Waals surface area contributed by atoms with Gasteiger partial charge in [-0.1, -0.05) is 0 Å². The maximum absolute atomic E-state index is 11.1. The molecule has 25 heavy (non-hydrogen) atoms. The second-order valence-electron chi connectivity index (χ2n) is 5.05. The molecule has 0 radical (unpaired) electrons. The molecule has 10 nitrogen and oxygen atoms in total. The fraction of sp³-hybridized carbons (Fsp3) is 0.400. The minimum absolute atomic E-state index is 0.0311. The van der Waals surface area contributed by atoms with Crippen LogP contribution in [0.25, 0.3) is 0 Å². The highest BCUT2D eigenvalue weighted by atomic mass is 16.3. The number of aromatic nitrogens is 4. The molecule has 0 aliphatic carbocycles. The molecular weight excluding hydrogens is 332 g/mol. The third-order valence-corrected chi connectivity index (χ3v) is 3.34. The van der Waals surface area contributed by atoms with Crippen LogP contribution in [0.4, 0.5) is 0 Å². The van der Waals surface area contributed by atoms with E-state index < -0.39 is 28.6 Å². The summed E-state index contributed by atoms with van der Waals surface area (Å²) in [6.07, 6.45) is 2.19. The zero-order valence-corrected chi connectivity index (χ0v) is 14.1. The van der Waals surface area contributed by atoms with Crippen molar-refractivity contribution in [2.75, 3.05) is 0 Å². The lowest BCUT2D eigenvalue weighted by Gasteiger charge is -2.06. The van der Waals surface area contributed by atoms with Gasteiger partial charge in [0.15, 0.2) is 6.29 Å². The molecule has 0 fully saturated rings. The smallest absolute Gasteiger partial charge is 0.328 e. The number of nitrogens with zero attached hydrogens (tertiary/aromatic N) is 2. The van der Waals surface area contributed by atoms with Gasteiger partial charge in [0.2, 0.25) is 0 Å². The van der Waals surface area contributed by atoms with Gasteiger partial charge < -0.3 is 14.2 Å². The SMILES string of the molecule is CCn1cc(C(C)O)c(=O)[nH]c1=O.CCn1cc(C=O)c(=O)[nH]c1=O. The average Bonchev–Trinajstić information content (AvgIpc) is 2.55. The molecule has 2 rings (SSSR count). The number of carbonyl (C=O) groups is 1. The third kappa shape index (κ3) is 4.98. The number of aldehydes is 1. The molecule has 0 amide bonds. The van der Waals surface area contributed by atoms with E-state index in [9.17, 15) is 29.1 Å². The third-order valence-electron chi connectivity index (χ3n) is 3.34. The van der Waals surface area contributed by atoms with Gasteiger partial charge in [0.05, 0.1) is 17.2 Å². The summed E-state index contributed by atoms with van der Waals surface area (Å²) < 4.78 is 2.59. The largest absolute Gasteiger partial charge is 0.388 e. The van der Waals surface area contributed by atoms with Crippen molar-refractivity contribution in [2.24, 2.45) is 0 Å². The van der Waals surface area contributed by atoms with Gasteiger partial charge in [0.25, 0.3) is 11.1 Å². The molecule has 10 heteroatoms. The molecule has 0 aliphatic heterocycles. The second-order valence-corrected chi connectivity index (χ2v) is 5.05. The van der Waals surface area contributed by atoms with Crippen molar-refractivity contribution in [3.63, 3.8) is 0 Å². The molecule has 0 saturated carbocycles. The van der Waals surface area contributed by atoms with Gasteiger partial charge in [-0.15, -0.1) is 0 Å². The fourth-order valence-electron chi connectivity index (χ4n) is 1.90. The van der Waals surface area contributed by atoms with Crippen LogP contribution in [0.1, 0.15) is 42.8 Å². The van der Waals surface area contributed by atoms with Gasteiger partial charge >= 0.3 is 11.4 Å². The topological polar surface area (TPSA) is 147 Å². The van der Waals surface area contributed by atoms with Gasteiger partial charge in [0.1, 0.15) is 0 Å². The number of rotatable bonds is 4. The van der Waals surface area contributed by atoms with E-state index in [1.165, 1.54) is 28.5 Å². The number of H-pyrrole nitrogens is 2. The molecule has 0 spiro atoms. The first-order valence-electron chi connectivity index (χ1n) is 7.55. The zero-order chi connectivity index (χ0) is 19.1. The fourth-order valence-corrected chi connectivity index (χ4v) is 1.90. The molecule has 3 N–H and O–H groups in total. The molecule has 136 valence electrons. The number of aromatic amines is 2. The maximum atomic E-state index is 11.1. The Morgan fingerprint density at radius 2 is 1.48 bits per heavy atom. The van der Waals surface area contributed by atoms with Crippen molar-refractivity contribution in [1.82, 2.24) is 19.1 Å². The van der Waals surface area contributed by atoms with Crippen LogP contribution in [0.5, 0.6) is 0 Å². The van der Waals surface area contributed by atoms with Crippen LogP contribution >= 0.6 is 0 Å². The van der Waals surface area contributed by atoms with Crippen molar-refractivity contribution in [2.45, 2.75) is 40.0 Å². The Balaban J connectivity index is 0.000000251. The summed E-state index contributed by atoms with van der Waals surface area (Å²) in [5.41, 5.74) is -1.92. The molecule has 0 bridgehead atoms. The highest BCUT2D eigenvalue weighted by molar-refractivity contribution is 5.73. The van der Waals surface area contributed by atoms with E-state index in [-0.39, 0.29) is 11.1 Å². The van der Waals surface area contributed by atoms with E-state index >= 15 is 0 Å². The van der Waals surface area contributed by atoms with E-state index in [4.69, 9.17) is 0 Å². The van der Waals surface area contributed by atoms with Gasteiger partial charge in [-0.25, -0.2) is 9.59 Å². The van der Waals surface area contributed by atoms with E-state index in [0.29, 0.717) is 19.4 Å². The number of nitrogens with one attached hydrogen (secondary N) is 2. The average molecular weight is 352 g/mol. The molecule has 0 aliphatic rings. The highest BCUT2D eigenvalue weighted by Crippen LogP contribution is 2.02. The van der Waals surface area contributed by atoms with E-state index in [0.717, 1.165) is 0 Å².